The van der Waals surface area contributed by atoms with Crippen LogP contribution in [0.1, 0.15) is 22.3 Å². The van der Waals surface area contributed by atoms with Gasteiger partial charge in [-0.05, 0) is 58.9 Å². The molecule has 0 unspecified atom stereocenters. The third-order valence-electron chi connectivity index (χ3n) is 6.56. The lowest BCUT2D eigenvalue weighted by atomic mass is 9.96. The molecule has 0 N–H and O–H groups in total. The molecular formula is C30H25F2NO. The van der Waals surface area contributed by atoms with Crippen molar-refractivity contribution in [3.63, 3.8) is 0 Å². The monoisotopic (exact) mass is 453 g/mol. The highest BCUT2D eigenvalue weighted by atomic mass is 19.1. The zero-order valence-corrected chi connectivity index (χ0v) is 18.8. The Morgan fingerprint density at radius 1 is 0.765 bits per heavy atom. The first kappa shape index (κ1) is 22.0. The molecule has 0 bridgehead atoms. The number of amides is 1. The van der Waals surface area contributed by atoms with Crippen LogP contribution in [0.15, 0.2) is 97.1 Å². The molecule has 1 amide bonds. The lowest BCUT2D eigenvalue weighted by molar-refractivity contribution is -0.133. The van der Waals surface area contributed by atoms with E-state index < -0.39 is 0 Å². The standard InChI is InChI=1S/C30H25F2NO/c31-25-12-7-8-21(16-25)20-33(26-17-22-9-1-2-10-23(22)18-26)30(34)19-24-11-3-4-13-27(24)28-14-5-6-15-29(28)32/h1-16,26H,17-20H2. The summed E-state index contributed by atoms with van der Waals surface area (Å²) in [6.45, 7) is 0.330. The van der Waals surface area contributed by atoms with Gasteiger partial charge in [0.15, 0.2) is 0 Å². The van der Waals surface area contributed by atoms with Crippen molar-refractivity contribution in [1.82, 2.24) is 4.90 Å². The third kappa shape index (κ3) is 4.62. The number of halogens is 2. The van der Waals surface area contributed by atoms with Crippen molar-refractivity contribution in [2.24, 2.45) is 0 Å². The largest absolute Gasteiger partial charge is 0.334 e. The summed E-state index contributed by atoms with van der Waals surface area (Å²) in [5.41, 5.74) is 5.22. The van der Waals surface area contributed by atoms with Crippen LogP contribution in [0.4, 0.5) is 8.78 Å². The van der Waals surface area contributed by atoms with Gasteiger partial charge in [-0.3, -0.25) is 4.79 Å². The molecule has 0 saturated heterocycles. The molecule has 4 aromatic rings. The van der Waals surface area contributed by atoms with Gasteiger partial charge in [0.25, 0.3) is 0 Å². The number of carbonyl (C=O) groups is 1. The summed E-state index contributed by atoms with van der Waals surface area (Å²) in [5.74, 6) is -0.680. The highest BCUT2D eigenvalue weighted by molar-refractivity contribution is 5.82. The van der Waals surface area contributed by atoms with E-state index in [1.165, 1.54) is 29.3 Å². The van der Waals surface area contributed by atoms with Crippen molar-refractivity contribution < 1.29 is 13.6 Å². The van der Waals surface area contributed by atoms with Crippen LogP contribution in [0.2, 0.25) is 0 Å². The van der Waals surface area contributed by atoms with E-state index in [1.54, 1.807) is 24.3 Å². The van der Waals surface area contributed by atoms with Crippen LogP contribution in [-0.4, -0.2) is 16.8 Å². The fraction of sp³-hybridized carbons (Fsp3) is 0.167. The second kappa shape index (κ2) is 9.60. The third-order valence-corrected chi connectivity index (χ3v) is 6.56. The molecule has 2 nitrogen and oxygen atoms in total. The first-order chi connectivity index (χ1) is 16.6. The molecule has 0 saturated carbocycles. The van der Waals surface area contributed by atoms with Gasteiger partial charge >= 0.3 is 0 Å². The van der Waals surface area contributed by atoms with Crippen molar-refractivity contribution in [1.29, 1.82) is 0 Å². The van der Waals surface area contributed by atoms with Gasteiger partial charge in [-0.25, -0.2) is 8.78 Å². The van der Waals surface area contributed by atoms with Crippen LogP contribution < -0.4 is 0 Å². The van der Waals surface area contributed by atoms with Crippen LogP contribution in [0.3, 0.4) is 0 Å². The summed E-state index contributed by atoms with van der Waals surface area (Å²) in [4.78, 5) is 15.6. The average Bonchev–Trinajstić information content (AvgIpc) is 3.27. The molecule has 5 rings (SSSR count). The molecule has 0 spiro atoms. The minimum Gasteiger partial charge on any atom is -0.334 e. The Labute approximate surface area is 198 Å². The Bertz CT molecular complexity index is 1310. The van der Waals surface area contributed by atoms with E-state index in [9.17, 15) is 13.6 Å². The Balaban J connectivity index is 1.45. The second-order valence-corrected chi connectivity index (χ2v) is 8.80. The number of hydrogen-bond acceptors (Lipinski definition) is 1. The number of fused-ring (bicyclic) bond motifs is 1. The van der Waals surface area contributed by atoms with Crippen molar-refractivity contribution in [2.45, 2.75) is 31.8 Å². The molecule has 0 aliphatic heterocycles. The van der Waals surface area contributed by atoms with E-state index in [0.29, 0.717) is 12.1 Å². The molecule has 0 atom stereocenters. The molecular weight excluding hydrogens is 428 g/mol. The predicted molar refractivity (Wildman–Crippen MR) is 130 cm³/mol. The summed E-state index contributed by atoms with van der Waals surface area (Å²) in [6, 6.07) is 28.7. The number of rotatable bonds is 6. The zero-order chi connectivity index (χ0) is 23.5. The quantitative estimate of drug-likeness (QED) is 0.332. The summed E-state index contributed by atoms with van der Waals surface area (Å²) in [5, 5.41) is 0. The molecule has 34 heavy (non-hydrogen) atoms. The highest BCUT2D eigenvalue weighted by Crippen LogP contribution is 2.30. The topological polar surface area (TPSA) is 20.3 Å². The van der Waals surface area contributed by atoms with Gasteiger partial charge in [0, 0.05) is 18.2 Å². The van der Waals surface area contributed by atoms with Crippen molar-refractivity contribution >= 4 is 5.91 Å². The maximum absolute atomic E-state index is 14.5. The Morgan fingerprint density at radius 2 is 1.41 bits per heavy atom. The SMILES string of the molecule is O=C(Cc1ccccc1-c1ccccc1F)N(Cc1cccc(F)c1)C1Cc2ccccc2C1. The number of nitrogens with zero attached hydrogens (tertiary/aromatic N) is 1. The van der Waals surface area contributed by atoms with Crippen LogP contribution in [0.25, 0.3) is 11.1 Å². The summed E-state index contributed by atoms with van der Waals surface area (Å²) >= 11 is 0. The van der Waals surface area contributed by atoms with Crippen molar-refractivity contribution in [3.05, 3.63) is 131 Å². The van der Waals surface area contributed by atoms with E-state index in [2.05, 4.69) is 12.1 Å². The number of benzene rings is 4. The van der Waals surface area contributed by atoms with E-state index >= 15 is 0 Å². The minimum atomic E-state index is -0.315. The summed E-state index contributed by atoms with van der Waals surface area (Å²) in [7, 11) is 0. The molecule has 170 valence electrons. The molecule has 0 radical (unpaired) electrons. The van der Waals surface area contributed by atoms with Crippen LogP contribution in [0.5, 0.6) is 0 Å². The molecule has 0 fully saturated rings. The smallest absolute Gasteiger partial charge is 0.227 e. The van der Waals surface area contributed by atoms with Gasteiger partial charge < -0.3 is 4.90 Å². The van der Waals surface area contributed by atoms with Gasteiger partial charge in [-0.2, -0.15) is 0 Å². The Kier molecular flexibility index (Phi) is 6.22. The van der Waals surface area contributed by atoms with Crippen LogP contribution in [-0.2, 0) is 30.6 Å². The zero-order valence-electron chi connectivity index (χ0n) is 18.8. The molecule has 4 heteroatoms. The van der Waals surface area contributed by atoms with Gasteiger partial charge in [0.2, 0.25) is 5.91 Å². The maximum atomic E-state index is 14.5. The Hall–Kier alpha value is -3.79. The second-order valence-electron chi connectivity index (χ2n) is 8.80. The van der Waals surface area contributed by atoms with E-state index in [1.807, 2.05) is 47.4 Å². The van der Waals surface area contributed by atoms with E-state index in [0.717, 1.165) is 29.5 Å². The average molecular weight is 454 g/mol. The summed E-state index contributed by atoms with van der Waals surface area (Å²) in [6.07, 6.45) is 1.69. The van der Waals surface area contributed by atoms with Crippen LogP contribution >= 0.6 is 0 Å². The van der Waals surface area contributed by atoms with Gasteiger partial charge in [0.1, 0.15) is 11.6 Å². The minimum absolute atomic E-state index is 0.00575. The lowest BCUT2D eigenvalue weighted by Gasteiger charge is -2.30. The van der Waals surface area contributed by atoms with Crippen molar-refractivity contribution in [2.75, 3.05) is 0 Å². The summed E-state index contributed by atoms with van der Waals surface area (Å²) < 4.78 is 28.4. The van der Waals surface area contributed by atoms with Gasteiger partial charge in [-0.15, -0.1) is 0 Å². The Morgan fingerprint density at radius 3 is 2.12 bits per heavy atom. The highest BCUT2D eigenvalue weighted by Gasteiger charge is 2.30. The van der Waals surface area contributed by atoms with Gasteiger partial charge in [0.05, 0.1) is 6.42 Å². The fourth-order valence-corrected chi connectivity index (χ4v) is 4.89. The molecule has 1 aliphatic carbocycles. The number of carbonyl (C=O) groups excluding carboxylic acids is 1. The first-order valence-electron chi connectivity index (χ1n) is 11.5. The van der Waals surface area contributed by atoms with Crippen molar-refractivity contribution in [3.8, 4) is 11.1 Å². The van der Waals surface area contributed by atoms with E-state index in [-0.39, 0.29) is 30.0 Å². The molecule has 4 aromatic carbocycles. The van der Waals surface area contributed by atoms with Gasteiger partial charge in [-0.1, -0.05) is 78.9 Å². The molecule has 0 aromatic heterocycles. The fourth-order valence-electron chi connectivity index (χ4n) is 4.89. The normalized spacial score (nSPS) is 13.0. The molecule has 0 heterocycles. The molecule has 1 aliphatic rings. The maximum Gasteiger partial charge on any atom is 0.227 e. The predicted octanol–water partition coefficient (Wildman–Crippen LogP) is 6.37. The van der Waals surface area contributed by atoms with E-state index in [4.69, 9.17) is 0 Å². The van der Waals surface area contributed by atoms with Crippen LogP contribution in [0, 0.1) is 11.6 Å². The first-order valence-corrected chi connectivity index (χ1v) is 11.5. The number of hydrogen-bond donors (Lipinski definition) is 0. The lowest BCUT2D eigenvalue weighted by Crippen LogP contribution is -2.41.